The van der Waals surface area contributed by atoms with Crippen molar-refractivity contribution in [1.29, 1.82) is 0 Å². The van der Waals surface area contributed by atoms with Gasteiger partial charge < -0.3 is 20.3 Å². The van der Waals surface area contributed by atoms with E-state index in [1.807, 2.05) is 51.2 Å². The van der Waals surface area contributed by atoms with Gasteiger partial charge in [-0.1, -0.05) is 35.9 Å². The molecule has 2 aromatic heterocycles. The molecular formula is C33H41ClN6O3. The first-order valence-corrected chi connectivity index (χ1v) is 15.4. The van der Waals surface area contributed by atoms with Crippen molar-refractivity contribution in [3.05, 3.63) is 77.2 Å². The van der Waals surface area contributed by atoms with E-state index in [9.17, 15) is 9.59 Å². The fourth-order valence-electron chi connectivity index (χ4n) is 5.63. The van der Waals surface area contributed by atoms with Gasteiger partial charge in [0.2, 0.25) is 0 Å². The summed E-state index contributed by atoms with van der Waals surface area (Å²) in [7, 11) is 0. The second-order valence-corrected chi connectivity index (χ2v) is 12.7. The van der Waals surface area contributed by atoms with Crippen LogP contribution in [-0.4, -0.2) is 70.7 Å². The van der Waals surface area contributed by atoms with Crippen LogP contribution in [0.3, 0.4) is 0 Å². The van der Waals surface area contributed by atoms with Crippen LogP contribution in [0.4, 0.5) is 10.6 Å². The number of pyridine rings is 2. The van der Waals surface area contributed by atoms with Gasteiger partial charge in [0.1, 0.15) is 11.4 Å². The van der Waals surface area contributed by atoms with E-state index in [0.717, 1.165) is 75.4 Å². The van der Waals surface area contributed by atoms with Crippen LogP contribution in [-0.2, 0) is 11.3 Å². The van der Waals surface area contributed by atoms with Crippen LogP contribution in [0.5, 0.6) is 0 Å². The van der Waals surface area contributed by atoms with Crippen LogP contribution in [0.1, 0.15) is 62.4 Å². The van der Waals surface area contributed by atoms with Crippen LogP contribution in [0, 0.1) is 0 Å². The van der Waals surface area contributed by atoms with Gasteiger partial charge in [-0.15, -0.1) is 0 Å². The highest BCUT2D eigenvalue weighted by Crippen LogP contribution is 2.30. The number of benzene rings is 1. The zero-order valence-electron chi connectivity index (χ0n) is 25.2. The number of aromatic nitrogens is 2. The number of hydrogen-bond donors (Lipinski definition) is 2. The van der Waals surface area contributed by atoms with E-state index in [4.69, 9.17) is 21.3 Å². The van der Waals surface area contributed by atoms with Gasteiger partial charge >= 0.3 is 6.09 Å². The Labute approximate surface area is 259 Å². The van der Waals surface area contributed by atoms with Crippen molar-refractivity contribution in [2.45, 2.75) is 70.7 Å². The summed E-state index contributed by atoms with van der Waals surface area (Å²) in [5.41, 5.74) is 2.85. The molecule has 10 heteroatoms. The second kappa shape index (κ2) is 13.7. The molecule has 0 atom stereocenters. The SMILES string of the molecule is CC(C)(C)OC(=O)NC1CCN(c2ccc(CN3CCC(NC(=O)c4cccc(-c5cccnc5)c4Cl)CC3)cn2)CC1. The number of likely N-dealkylation sites (tertiary alicyclic amines) is 1. The van der Waals surface area contributed by atoms with Gasteiger partial charge in [0.15, 0.2) is 0 Å². The van der Waals surface area contributed by atoms with E-state index < -0.39 is 5.60 Å². The number of carbonyl (C=O) groups excluding carboxylic acids is 2. The Kier molecular flexibility index (Phi) is 9.82. The molecule has 1 aromatic carbocycles. The molecular weight excluding hydrogens is 564 g/mol. The van der Waals surface area contributed by atoms with E-state index in [0.29, 0.717) is 10.6 Å². The van der Waals surface area contributed by atoms with Crippen molar-refractivity contribution < 1.29 is 14.3 Å². The lowest BCUT2D eigenvalue weighted by Crippen LogP contribution is -2.46. The maximum atomic E-state index is 13.1. The van der Waals surface area contributed by atoms with Crippen LogP contribution in [0.2, 0.25) is 5.02 Å². The van der Waals surface area contributed by atoms with Gasteiger partial charge in [0, 0.05) is 74.5 Å². The molecule has 2 N–H and O–H groups in total. The summed E-state index contributed by atoms with van der Waals surface area (Å²) in [6.07, 6.45) is 8.55. The first-order chi connectivity index (χ1) is 20.6. The third-order valence-electron chi connectivity index (χ3n) is 7.89. The Morgan fingerprint density at radius 2 is 1.65 bits per heavy atom. The number of halogens is 1. The number of anilines is 1. The molecule has 5 rings (SSSR count). The third kappa shape index (κ3) is 8.45. The average Bonchev–Trinajstić information content (AvgIpc) is 2.98. The highest BCUT2D eigenvalue weighted by Gasteiger charge is 2.25. The van der Waals surface area contributed by atoms with Gasteiger partial charge in [-0.3, -0.25) is 14.7 Å². The maximum Gasteiger partial charge on any atom is 0.407 e. The van der Waals surface area contributed by atoms with Crippen molar-refractivity contribution in [3.63, 3.8) is 0 Å². The first-order valence-electron chi connectivity index (χ1n) is 15.1. The molecule has 9 nitrogen and oxygen atoms in total. The van der Waals surface area contributed by atoms with Gasteiger partial charge in [-0.2, -0.15) is 0 Å². The largest absolute Gasteiger partial charge is 0.444 e. The van der Waals surface area contributed by atoms with E-state index in [-0.39, 0.29) is 24.1 Å². The molecule has 2 fully saturated rings. The van der Waals surface area contributed by atoms with E-state index in [1.54, 1.807) is 18.5 Å². The zero-order valence-corrected chi connectivity index (χ0v) is 25.9. The van der Waals surface area contributed by atoms with Gasteiger partial charge in [0.25, 0.3) is 5.91 Å². The number of nitrogens with one attached hydrogen (secondary N) is 2. The zero-order chi connectivity index (χ0) is 30.4. The fraction of sp³-hybridized carbons (Fsp3) is 0.455. The van der Waals surface area contributed by atoms with E-state index in [2.05, 4.69) is 37.6 Å². The molecule has 0 saturated carbocycles. The van der Waals surface area contributed by atoms with Gasteiger partial charge in [0.05, 0.1) is 10.6 Å². The van der Waals surface area contributed by atoms with Crippen LogP contribution in [0.15, 0.2) is 61.1 Å². The number of rotatable bonds is 7. The topological polar surface area (TPSA) is 99.7 Å². The molecule has 2 amide bonds. The molecule has 0 spiro atoms. The molecule has 2 aliphatic rings. The molecule has 0 radical (unpaired) electrons. The predicted molar refractivity (Wildman–Crippen MR) is 169 cm³/mol. The molecule has 0 bridgehead atoms. The minimum absolute atomic E-state index is 0.107. The Bertz CT molecular complexity index is 1380. The standard InChI is InChI=1S/C33H41ClN6O3/c1-33(2,3)43-32(42)38-26-13-18-40(19-14-26)29-10-9-23(20-36-29)22-39-16-11-25(12-17-39)37-31(41)28-8-4-7-27(30(28)34)24-6-5-15-35-21-24/h4-10,15,20-21,25-26H,11-14,16-19,22H2,1-3H3,(H,37,41)(H,38,42). The molecule has 0 aliphatic carbocycles. The normalized spacial score (nSPS) is 17.0. The van der Waals surface area contributed by atoms with Gasteiger partial charge in [-0.25, -0.2) is 9.78 Å². The van der Waals surface area contributed by atoms with Crippen LogP contribution in [0.25, 0.3) is 11.1 Å². The number of piperidine rings is 2. The molecule has 43 heavy (non-hydrogen) atoms. The number of alkyl carbamates (subject to hydrolysis) is 1. The van der Waals surface area contributed by atoms with Crippen molar-refractivity contribution in [3.8, 4) is 11.1 Å². The minimum atomic E-state index is -0.494. The van der Waals surface area contributed by atoms with E-state index in [1.165, 1.54) is 5.56 Å². The Balaban J connectivity index is 1.06. The number of carbonyl (C=O) groups is 2. The highest BCUT2D eigenvalue weighted by molar-refractivity contribution is 6.36. The predicted octanol–water partition coefficient (Wildman–Crippen LogP) is 5.68. The quantitative estimate of drug-likeness (QED) is 0.358. The fourth-order valence-corrected chi connectivity index (χ4v) is 5.95. The lowest BCUT2D eigenvalue weighted by Gasteiger charge is -2.34. The molecule has 4 heterocycles. The monoisotopic (exact) mass is 604 g/mol. The van der Waals surface area contributed by atoms with Crippen LogP contribution < -0.4 is 15.5 Å². The Hall–Kier alpha value is -3.69. The lowest BCUT2D eigenvalue weighted by molar-refractivity contribution is 0.0497. The van der Waals surface area contributed by atoms with Crippen LogP contribution >= 0.6 is 11.6 Å². The van der Waals surface area contributed by atoms with Crippen molar-refractivity contribution in [2.24, 2.45) is 0 Å². The lowest BCUT2D eigenvalue weighted by atomic mass is 10.0. The summed E-state index contributed by atoms with van der Waals surface area (Å²) in [5, 5.41) is 6.63. The first kappa shape index (κ1) is 30.8. The minimum Gasteiger partial charge on any atom is -0.444 e. The summed E-state index contributed by atoms with van der Waals surface area (Å²) in [5.74, 6) is 0.825. The number of hydrogen-bond acceptors (Lipinski definition) is 7. The average molecular weight is 605 g/mol. The van der Waals surface area contributed by atoms with E-state index >= 15 is 0 Å². The molecule has 2 aliphatic heterocycles. The molecule has 2 saturated heterocycles. The summed E-state index contributed by atoms with van der Waals surface area (Å²) in [4.78, 5) is 38.8. The Morgan fingerprint density at radius 3 is 2.30 bits per heavy atom. The smallest absolute Gasteiger partial charge is 0.407 e. The Morgan fingerprint density at radius 1 is 0.930 bits per heavy atom. The van der Waals surface area contributed by atoms with Crippen molar-refractivity contribution in [2.75, 3.05) is 31.1 Å². The summed E-state index contributed by atoms with van der Waals surface area (Å²) < 4.78 is 5.39. The molecule has 0 unspecified atom stereocenters. The molecule has 3 aromatic rings. The van der Waals surface area contributed by atoms with Crippen molar-refractivity contribution >= 4 is 29.4 Å². The highest BCUT2D eigenvalue weighted by atomic mass is 35.5. The number of amides is 2. The number of ether oxygens (including phenoxy) is 1. The third-order valence-corrected chi connectivity index (χ3v) is 8.30. The van der Waals surface area contributed by atoms with Crippen molar-refractivity contribution in [1.82, 2.24) is 25.5 Å². The maximum absolute atomic E-state index is 13.1. The summed E-state index contributed by atoms with van der Waals surface area (Å²) in [6, 6.07) is 13.8. The molecule has 228 valence electrons. The summed E-state index contributed by atoms with van der Waals surface area (Å²) in [6.45, 7) is 9.91. The van der Waals surface area contributed by atoms with Gasteiger partial charge in [-0.05, 0) is 70.2 Å². The number of nitrogens with zero attached hydrogens (tertiary/aromatic N) is 4. The summed E-state index contributed by atoms with van der Waals surface area (Å²) >= 11 is 6.65. The second-order valence-electron chi connectivity index (χ2n) is 12.4.